The van der Waals surface area contributed by atoms with Gasteiger partial charge in [-0.2, -0.15) is 11.8 Å². The Morgan fingerprint density at radius 1 is 1.47 bits per heavy atom. The van der Waals surface area contributed by atoms with E-state index in [2.05, 4.69) is 30.2 Å². The van der Waals surface area contributed by atoms with Crippen LogP contribution in [0.4, 0.5) is 0 Å². The molecule has 2 nitrogen and oxygen atoms in total. The Balaban J connectivity index is 3.01. The van der Waals surface area contributed by atoms with Crippen molar-refractivity contribution in [3.05, 3.63) is 29.3 Å². The first-order valence-corrected chi connectivity index (χ1v) is 6.06. The first kappa shape index (κ1) is 12.0. The molecule has 0 radical (unpaired) electrons. The largest absolute Gasteiger partial charge is 0.495 e. The molecule has 0 aliphatic rings. The standard InChI is InChI=1S/C12H15NOS/c1-14-12-6-5-10(9-15-2)8-11(12)4-3-7-13/h5-6,8H,7,9,13H2,1-2H3. The van der Waals surface area contributed by atoms with Crippen LogP contribution >= 0.6 is 11.8 Å². The summed E-state index contributed by atoms with van der Waals surface area (Å²) in [7, 11) is 1.65. The Morgan fingerprint density at radius 3 is 2.87 bits per heavy atom. The van der Waals surface area contributed by atoms with Crippen molar-refractivity contribution in [1.29, 1.82) is 0 Å². The second-order valence-corrected chi connectivity index (χ2v) is 3.84. The number of nitrogens with two attached hydrogens (primary N) is 1. The maximum absolute atomic E-state index is 5.35. The van der Waals surface area contributed by atoms with Gasteiger partial charge >= 0.3 is 0 Å². The minimum Gasteiger partial charge on any atom is -0.495 e. The molecule has 0 amide bonds. The van der Waals surface area contributed by atoms with Gasteiger partial charge in [0, 0.05) is 5.75 Å². The molecule has 0 saturated carbocycles. The molecule has 0 atom stereocenters. The first-order chi connectivity index (χ1) is 7.31. The SMILES string of the molecule is COc1ccc(CSC)cc1C#CCN. The van der Waals surface area contributed by atoms with Gasteiger partial charge in [-0.3, -0.25) is 0 Å². The number of rotatable bonds is 3. The van der Waals surface area contributed by atoms with E-state index >= 15 is 0 Å². The topological polar surface area (TPSA) is 35.2 Å². The van der Waals surface area contributed by atoms with Gasteiger partial charge in [0.25, 0.3) is 0 Å². The van der Waals surface area contributed by atoms with Crippen LogP contribution in [0.5, 0.6) is 5.75 Å². The lowest BCUT2D eigenvalue weighted by atomic mass is 10.1. The first-order valence-electron chi connectivity index (χ1n) is 4.66. The second-order valence-electron chi connectivity index (χ2n) is 2.97. The maximum Gasteiger partial charge on any atom is 0.134 e. The Morgan fingerprint density at radius 2 is 2.27 bits per heavy atom. The van der Waals surface area contributed by atoms with Crippen molar-refractivity contribution in [2.45, 2.75) is 5.75 Å². The normalized spacial score (nSPS) is 9.27. The molecule has 80 valence electrons. The van der Waals surface area contributed by atoms with Gasteiger partial charge in [0.1, 0.15) is 5.75 Å². The van der Waals surface area contributed by atoms with Crippen LogP contribution in [-0.4, -0.2) is 19.9 Å². The van der Waals surface area contributed by atoms with Gasteiger partial charge < -0.3 is 10.5 Å². The lowest BCUT2D eigenvalue weighted by Crippen LogP contribution is -1.94. The number of thioether (sulfide) groups is 1. The fraction of sp³-hybridized carbons (Fsp3) is 0.333. The van der Waals surface area contributed by atoms with Gasteiger partial charge in [-0.25, -0.2) is 0 Å². The van der Waals surface area contributed by atoms with Crippen molar-refractivity contribution < 1.29 is 4.74 Å². The molecule has 15 heavy (non-hydrogen) atoms. The molecule has 1 aromatic carbocycles. The molecule has 0 aromatic heterocycles. The molecular formula is C12H15NOS. The molecular weight excluding hydrogens is 206 g/mol. The van der Waals surface area contributed by atoms with E-state index in [1.165, 1.54) is 5.56 Å². The number of hydrogen-bond donors (Lipinski definition) is 1. The van der Waals surface area contributed by atoms with Gasteiger partial charge in [-0.1, -0.05) is 17.9 Å². The number of ether oxygens (including phenoxy) is 1. The lowest BCUT2D eigenvalue weighted by molar-refractivity contribution is 0.413. The minimum atomic E-state index is 0.371. The lowest BCUT2D eigenvalue weighted by Gasteiger charge is -2.05. The summed E-state index contributed by atoms with van der Waals surface area (Å²) in [4.78, 5) is 0. The summed E-state index contributed by atoms with van der Waals surface area (Å²) in [6.07, 6.45) is 2.08. The van der Waals surface area contributed by atoms with Crippen molar-refractivity contribution >= 4 is 11.8 Å². The molecule has 0 bridgehead atoms. The van der Waals surface area contributed by atoms with Gasteiger partial charge in [0.15, 0.2) is 0 Å². The fourth-order valence-corrected chi connectivity index (χ4v) is 1.77. The highest BCUT2D eigenvalue weighted by Gasteiger charge is 2.01. The van der Waals surface area contributed by atoms with Crippen LogP contribution in [0.2, 0.25) is 0 Å². The molecule has 0 aliphatic heterocycles. The van der Waals surface area contributed by atoms with E-state index in [1.807, 2.05) is 6.07 Å². The predicted molar refractivity (Wildman–Crippen MR) is 66.1 cm³/mol. The monoisotopic (exact) mass is 221 g/mol. The number of methoxy groups -OCH3 is 1. The van der Waals surface area contributed by atoms with Crippen LogP contribution in [0.1, 0.15) is 11.1 Å². The summed E-state index contributed by atoms with van der Waals surface area (Å²) in [5.41, 5.74) is 7.51. The van der Waals surface area contributed by atoms with Crippen LogP contribution in [0.3, 0.4) is 0 Å². The molecule has 0 aliphatic carbocycles. The third kappa shape index (κ3) is 3.50. The average Bonchev–Trinajstić information content (AvgIpc) is 2.27. The third-order valence-corrected chi connectivity index (χ3v) is 2.52. The zero-order valence-electron chi connectivity index (χ0n) is 9.04. The molecule has 3 heteroatoms. The van der Waals surface area contributed by atoms with Gasteiger partial charge in [-0.05, 0) is 24.0 Å². The Hall–Kier alpha value is -1.11. The summed E-state index contributed by atoms with van der Waals surface area (Å²) < 4.78 is 5.23. The van der Waals surface area contributed by atoms with Crippen LogP contribution in [0, 0.1) is 11.8 Å². The zero-order chi connectivity index (χ0) is 11.1. The van der Waals surface area contributed by atoms with Crippen LogP contribution < -0.4 is 10.5 Å². The highest BCUT2D eigenvalue weighted by Crippen LogP contribution is 2.20. The molecule has 0 unspecified atom stereocenters. The van der Waals surface area contributed by atoms with Gasteiger partial charge in [0.2, 0.25) is 0 Å². The van der Waals surface area contributed by atoms with E-state index in [9.17, 15) is 0 Å². The van der Waals surface area contributed by atoms with Crippen LogP contribution in [-0.2, 0) is 5.75 Å². The van der Waals surface area contributed by atoms with E-state index in [-0.39, 0.29) is 0 Å². The second kappa shape index (κ2) is 6.39. The maximum atomic E-state index is 5.35. The quantitative estimate of drug-likeness (QED) is 0.791. The number of hydrogen-bond acceptors (Lipinski definition) is 3. The molecule has 0 spiro atoms. The molecule has 0 fully saturated rings. The Kier molecular flexibility index (Phi) is 5.09. The van der Waals surface area contributed by atoms with Crippen molar-refractivity contribution in [2.75, 3.05) is 19.9 Å². The summed E-state index contributed by atoms with van der Waals surface area (Å²) >= 11 is 1.79. The average molecular weight is 221 g/mol. The van der Waals surface area contributed by atoms with Crippen molar-refractivity contribution in [1.82, 2.24) is 0 Å². The minimum absolute atomic E-state index is 0.371. The highest BCUT2D eigenvalue weighted by atomic mass is 32.2. The smallest absolute Gasteiger partial charge is 0.134 e. The van der Waals surface area contributed by atoms with E-state index in [4.69, 9.17) is 10.5 Å². The van der Waals surface area contributed by atoms with Gasteiger partial charge in [0.05, 0.1) is 19.2 Å². The molecule has 0 saturated heterocycles. The van der Waals surface area contributed by atoms with E-state index < -0.39 is 0 Å². The van der Waals surface area contributed by atoms with E-state index in [0.29, 0.717) is 6.54 Å². The third-order valence-electron chi connectivity index (χ3n) is 1.90. The molecule has 1 rings (SSSR count). The predicted octanol–water partition coefficient (Wildman–Crippen LogP) is 1.87. The summed E-state index contributed by atoms with van der Waals surface area (Å²) in [5, 5.41) is 0. The van der Waals surface area contributed by atoms with Crippen molar-refractivity contribution in [2.24, 2.45) is 5.73 Å². The summed E-state index contributed by atoms with van der Waals surface area (Å²) in [6, 6.07) is 6.06. The van der Waals surface area contributed by atoms with E-state index in [0.717, 1.165) is 17.1 Å². The van der Waals surface area contributed by atoms with Crippen LogP contribution in [0.15, 0.2) is 18.2 Å². The van der Waals surface area contributed by atoms with Gasteiger partial charge in [-0.15, -0.1) is 0 Å². The highest BCUT2D eigenvalue weighted by molar-refractivity contribution is 7.97. The number of benzene rings is 1. The summed E-state index contributed by atoms with van der Waals surface area (Å²) in [5.74, 6) is 7.65. The Bertz CT molecular complexity index is 379. The summed E-state index contributed by atoms with van der Waals surface area (Å²) in [6.45, 7) is 0.371. The van der Waals surface area contributed by atoms with Crippen molar-refractivity contribution in [3.63, 3.8) is 0 Å². The molecule has 1 aromatic rings. The van der Waals surface area contributed by atoms with E-state index in [1.54, 1.807) is 18.9 Å². The fourth-order valence-electron chi connectivity index (χ4n) is 1.26. The zero-order valence-corrected chi connectivity index (χ0v) is 9.86. The Labute approximate surface area is 95.2 Å². The molecule has 0 heterocycles. The van der Waals surface area contributed by atoms with Crippen molar-refractivity contribution in [3.8, 4) is 17.6 Å². The molecule has 2 N–H and O–H groups in total. The van der Waals surface area contributed by atoms with Crippen LogP contribution in [0.25, 0.3) is 0 Å².